The van der Waals surface area contributed by atoms with Gasteiger partial charge in [-0.25, -0.2) is 4.99 Å². The van der Waals surface area contributed by atoms with E-state index in [9.17, 15) is 0 Å². The van der Waals surface area contributed by atoms with Gasteiger partial charge in [0.2, 0.25) is 0 Å². The van der Waals surface area contributed by atoms with Gasteiger partial charge in [-0.15, -0.1) is 0 Å². The maximum atomic E-state index is 7.75. The molecule has 3 aromatic carbocycles. The lowest BCUT2D eigenvalue weighted by Gasteiger charge is -2.06. The van der Waals surface area contributed by atoms with E-state index in [0.29, 0.717) is 11.4 Å². The summed E-state index contributed by atoms with van der Waals surface area (Å²) in [6.45, 7) is 2.13. The van der Waals surface area contributed by atoms with Crippen LogP contribution in [-0.2, 0) is 6.42 Å². The Morgan fingerprint density at radius 2 is 1.32 bits per heavy atom. The highest BCUT2D eigenvalue weighted by Gasteiger charge is 2.17. The van der Waals surface area contributed by atoms with E-state index in [2.05, 4.69) is 88.6 Å². The molecule has 0 aliphatic heterocycles. The number of hydrogen-bond donors (Lipinski definition) is 2. The summed E-state index contributed by atoms with van der Waals surface area (Å²) in [5, 5.41) is 7.75. The fourth-order valence-corrected chi connectivity index (χ4v) is 4.32. The van der Waals surface area contributed by atoms with Gasteiger partial charge in [-0.05, 0) is 71.0 Å². The number of hydrogen-bond acceptors (Lipinski definition) is 3. The Labute approximate surface area is 216 Å². The van der Waals surface area contributed by atoms with Crippen LogP contribution in [0.4, 0.5) is 0 Å². The Bertz CT molecular complexity index is 1560. The highest BCUT2D eigenvalue weighted by Crippen LogP contribution is 2.38. The smallest absolute Gasteiger partial charge is 0.172 e. The molecule has 1 aliphatic rings. The molecule has 0 spiro atoms. The topological polar surface area (TPSA) is 88.0 Å². The van der Waals surface area contributed by atoms with Gasteiger partial charge in [0.1, 0.15) is 11.4 Å². The predicted octanol–water partition coefficient (Wildman–Crippen LogP) is 6.44. The monoisotopic (exact) mass is 481 g/mol. The molecule has 5 aromatic rings. The van der Waals surface area contributed by atoms with Crippen molar-refractivity contribution in [1.82, 2.24) is 9.97 Å². The first-order chi connectivity index (χ1) is 18.1. The molecule has 0 amide bonds. The zero-order valence-corrected chi connectivity index (χ0v) is 20.6. The van der Waals surface area contributed by atoms with E-state index >= 15 is 0 Å². The normalized spacial score (nSPS) is 11.6. The van der Waals surface area contributed by atoms with Crippen LogP contribution in [0.2, 0.25) is 0 Å². The van der Waals surface area contributed by atoms with Crippen molar-refractivity contribution in [2.24, 2.45) is 10.7 Å². The van der Waals surface area contributed by atoms with Gasteiger partial charge in [0.05, 0.1) is 0 Å². The highest BCUT2D eigenvalue weighted by atomic mass is 15.0. The fraction of sp³-hybridized carbons (Fsp3) is 0.0625. The lowest BCUT2D eigenvalue weighted by Crippen LogP contribution is -2.17. The summed E-state index contributed by atoms with van der Waals surface area (Å²) < 4.78 is 0. The third-order valence-corrected chi connectivity index (χ3v) is 6.25. The molecule has 180 valence electrons. The molecule has 5 nitrogen and oxygen atoms in total. The van der Waals surface area contributed by atoms with Gasteiger partial charge in [0.15, 0.2) is 11.7 Å². The first kappa shape index (κ1) is 23.8. The van der Waals surface area contributed by atoms with E-state index < -0.39 is 0 Å². The summed E-state index contributed by atoms with van der Waals surface area (Å²) in [6.07, 6.45) is 4.30. The van der Waals surface area contributed by atoms with Gasteiger partial charge in [-0.1, -0.05) is 84.4 Å². The number of fused-ring (bicyclic) bond motifs is 3. The molecule has 0 radical (unpaired) electrons. The molecule has 37 heavy (non-hydrogen) atoms. The third kappa shape index (κ3) is 5.52. The number of amidine groups is 2. The lowest BCUT2D eigenvalue weighted by atomic mass is 9.98. The van der Waals surface area contributed by atoms with Gasteiger partial charge >= 0.3 is 0 Å². The van der Waals surface area contributed by atoms with Crippen molar-refractivity contribution in [3.05, 3.63) is 144 Å². The zero-order chi connectivity index (χ0) is 25.6. The minimum Gasteiger partial charge on any atom is -0.382 e. The number of nitrogens with zero attached hydrogens (tertiary/aromatic N) is 3. The second-order valence-electron chi connectivity index (χ2n) is 8.85. The Hall–Kier alpha value is -4.90. The van der Waals surface area contributed by atoms with Crippen LogP contribution in [-0.4, -0.2) is 21.6 Å². The van der Waals surface area contributed by atoms with Crippen LogP contribution in [0, 0.1) is 12.3 Å². The molecule has 2 heterocycles. The van der Waals surface area contributed by atoms with Gasteiger partial charge in [-0.2, -0.15) is 0 Å². The molecule has 2 aromatic heterocycles. The number of rotatable bonds is 3. The standard InChI is InChI=1S/C20H16.C12H11N5/c1-14-6-8-15(9-7-14)16-10-11-20-18(12-16)13-17-4-2-3-5-19(17)20;13-11(9-5-1-3-7-15-9)17-12(14)10-6-2-4-8-16-10/h2-12H,13H2,1H3;1-8H,(H3,13,14,17). The van der Waals surface area contributed by atoms with Crippen LogP contribution in [0.25, 0.3) is 22.3 Å². The second kappa shape index (κ2) is 10.8. The molecule has 3 N–H and O–H groups in total. The Morgan fingerprint density at radius 3 is 2.03 bits per heavy atom. The minimum atomic E-state index is 0.0220. The van der Waals surface area contributed by atoms with Crippen molar-refractivity contribution >= 4 is 11.7 Å². The van der Waals surface area contributed by atoms with Crippen molar-refractivity contribution in [2.75, 3.05) is 0 Å². The van der Waals surface area contributed by atoms with Crippen LogP contribution < -0.4 is 5.73 Å². The molecule has 1 aliphatic carbocycles. The summed E-state index contributed by atoms with van der Waals surface area (Å²) in [7, 11) is 0. The molecule has 0 atom stereocenters. The Kier molecular flexibility index (Phi) is 6.95. The van der Waals surface area contributed by atoms with E-state index in [1.807, 2.05) is 6.07 Å². The number of nitrogens with one attached hydrogen (secondary N) is 1. The molecule has 0 unspecified atom stereocenters. The molecule has 6 rings (SSSR count). The van der Waals surface area contributed by atoms with Crippen molar-refractivity contribution in [3.63, 3.8) is 0 Å². The molecule has 0 saturated heterocycles. The van der Waals surface area contributed by atoms with Crippen LogP contribution in [0.1, 0.15) is 28.1 Å². The number of aromatic nitrogens is 2. The Morgan fingerprint density at radius 1 is 0.703 bits per heavy atom. The summed E-state index contributed by atoms with van der Waals surface area (Å²) in [5.74, 6) is 0.231. The molecule has 5 heteroatoms. The maximum Gasteiger partial charge on any atom is 0.172 e. The number of nitrogens with two attached hydrogens (primary N) is 1. The number of aliphatic imine (C=N–C) groups is 1. The number of aryl methyl sites for hydroxylation is 1. The average molecular weight is 482 g/mol. The van der Waals surface area contributed by atoms with Crippen molar-refractivity contribution in [3.8, 4) is 22.3 Å². The van der Waals surface area contributed by atoms with Crippen molar-refractivity contribution < 1.29 is 0 Å². The lowest BCUT2D eigenvalue weighted by molar-refractivity contribution is 1.24. The number of pyridine rings is 2. The van der Waals surface area contributed by atoms with E-state index in [0.717, 1.165) is 6.42 Å². The third-order valence-electron chi connectivity index (χ3n) is 6.25. The Balaban J connectivity index is 0.000000154. The van der Waals surface area contributed by atoms with E-state index in [1.54, 1.807) is 42.7 Å². The summed E-state index contributed by atoms with van der Waals surface area (Å²) in [4.78, 5) is 12.0. The first-order valence-corrected chi connectivity index (χ1v) is 12.1. The zero-order valence-electron chi connectivity index (χ0n) is 20.6. The van der Waals surface area contributed by atoms with Gasteiger partial charge in [0, 0.05) is 12.4 Å². The van der Waals surface area contributed by atoms with E-state index in [4.69, 9.17) is 11.1 Å². The molecular weight excluding hydrogens is 454 g/mol. The van der Waals surface area contributed by atoms with E-state index in [-0.39, 0.29) is 11.7 Å². The second-order valence-corrected chi connectivity index (χ2v) is 8.85. The molecule has 0 fully saturated rings. The number of benzene rings is 3. The van der Waals surface area contributed by atoms with Crippen LogP contribution in [0.3, 0.4) is 0 Å². The summed E-state index contributed by atoms with van der Waals surface area (Å²) in [5.41, 5.74) is 16.4. The molecule has 0 saturated carbocycles. The van der Waals surface area contributed by atoms with Gasteiger partial charge < -0.3 is 5.73 Å². The molecule has 0 bridgehead atoms. The van der Waals surface area contributed by atoms with Crippen LogP contribution >= 0.6 is 0 Å². The predicted molar refractivity (Wildman–Crippen MR) is 151 cm³/mol. The highest BCUT2D eigenvalue weighted by molar-refractivity contribution is 6.08. The van der Waals surface area contributed by atoms with Crippen LogP contribution in [0.15, 0.2) is 121 Å². The van der Waals surface area contributed by atoms with Crippen molar-refractivity contribution in [1.29, 1.82) is 5.41 Å². The van der Waals surface area contributed by atoms with Crippen molar-refractivity contribution in [2.45, 2.75) is 13.3 Å². The minimum absolute atomic E-state index is 0.0220. The maximum absolute atomic E-state index is 7.75. The van der Waals surface area contributed by atoms with Gasteiger partial charge in [0.25, 0.3) is 0 Å². The summed E-state index contributed by atoms with van der Waals surface area (Å²) >= 11 is 0. The first-order valence-electron chi connectivity index (χ1n) is 12.1. The summed E-state index contributed by atoms with van der Waals surface area (Å²) in [6, 6.07) is 35.0. The SMILES string of the molecule is Cc1ccc(-c2ccc3c(c2)Cc2ccccc2-3)cc1.N=C(N=C(N)c1ccccn1)c1ccccn1. The van der Waals surface area contributed by atoms with Crippen LogP contribution in [0.5, 0.6) is 0 Å². The quantitative estimate of drug-likeness (QED) is 0.225. The molecular formula is C32H27N5. The fourth-order valence-electron chi connectivity index (χ4n) is 4.32. The van der Waals surface area contributed by atoms with E-state index in [1.165, 1.54) is 38.9 Å². The average Bonchev–Trinajstić information content (AvgIpc) is 3.32. The van der Waals surface area contributed by atoms with Gasteiger partial charge in [-0.3, -0.25) is 15.4 Å². The largest absolute Gasteiger partial charge is 0.382 e.